The van der Waals surface area contributed by atoms with Crippen LogP contribution in [0.15, 0.2) is 54.9 Å². The third-order valence-electron chi connectivity index (χ3n) is 9.65. The number of aromatic amines is 2. The number of methoxy groups -OCH3 is 1. The SMILES string of the molecule is COC(=O)N[C@H](C(=O)N1CCC[C@H]1c1ncc(-c2ccc(C#CC#Cc3cnc([C@@H]4CCCN4)[nH]3)c(-c3cccc(C(C)(C)C)c3)c2)[nH]1)C(C)C.Cl.Cl.Cl. The van der Waals surface area contributed by atoms with E-state index in [4.69, 9.17) is 9.72 Å². The zero-order valence-electron chi connectivity index (χ0n) is 31.5. The van der Waals surface area contributed by atoms with E-state index in [1.165, 1.54) is 12.7 Å². The predicted octanol–water partition coefficient (Wildman–Crippen LogP) is 7.90. The van der Waals surface area contributed by atoms with E-state index in [0.717, 1.165) is 77.5 Å². The highest BCUT2D eigenvalue weighted by atomic mass is 35.5. The second-order valence-electron chi connectivity index (χ2n) is 14.7. The van der Waals surface area contributed by atoms with Crippen molar-refractivity contribution in [2.24, 2.45) is 5.92 Å². The van der Waals surface area contributed by atoms with Crippen molar-refractivity contribution < 1.29 is 14.3 Å². The zero-order chi connectivity index (χ0) is 36.1. The third-order valence-corrected chi connectivity index (χ3v) is 9.65. The predicted molar refractivity (Wildman–Crippen MR) is 220 cm³/mol. The first-order valence-electron chi connectivity index (χ1n) is 17.8. The second-order valence-corrected chi connectivity index (χ2v) is 14.7. The second kappa shape index (κ2) is 19.2. The highest BCUT2D eigenvalue weighted by molar-refractivity contribution is 5.87. The Morgan fingerprint density at radius 3 is 2.39 bits per heavy atom. The standard InChI is InChI=1S/C41H47N7O3.3ClH/c1-26(2)36(47-40(50)51-6)39(49)48-21-11-17-35(48)38-44-25-34(46-38)29-19-18-27(32(23-29)28-13-9-14-30(22-28)41(3,4)5)12-7-8-15-31-24-43-37(45-31)33-16-10-20-42-33;;;/h9,13-14,18-19,22-26,33,35-36,42H,10-11,16-17,20-21H2,1-6H3,(H,43,45)(H,44,46)(H,47,50);3*1H/t33-,35-,36-;;;/m0.../s1. The first-order chi connectivity index (χ1) is 24.5. The Kier molecular flexibility index (Phi) is 15.7. The highest BCUT2D eigenvalue weighted by Gasteiger charge is 2.37. The number of likely N-dealkylation sites (tertiary alicyclic amines) is 1. The first-order valence-corrected chi connectivity index (χ1v) is 17.8. The fraction of sp³-hybridized carbons (Fsp3) is 0.415. The molecule has 0 radical (unpaired) electrons. The minimum absolute atomic E-state index is 0. The number of nitrogens with zero attached hydrogens (tertiary/aromatic N) is 3. The summed E-state index contributed by atoms with van der Waals surface area (Å²) in [6.45, 7) is 12.0. The van der Waals surface area contributed by atoms with Gasteiger partial charge in [-0.15, -0.1) is 37.2 Å². The Hall–Kier alpha value is -4.45. The summed E-state index contributed by atoms with van der Waals surface area (Å²) in [6.07, 6.45) is 6.82. The van der Waals surface area contributed by atoms with Crippen LogP contribution >= 0.6 is 37.2 Å². The molecule has 4 heterocycles. The molecular weight excluding hydrogens is 745 g/mol. The average Bonchev–Trinajstić information content (AvgIpc) is 3.95. The van der Waals surface area contributed by atoms with E-state index in [1.807, 2.05) is 37.1 Å². The van der Waals surface area contributed by atoms with E-state index < -0.39 is 12.1 Å². The summed E-state index contributed by atoms with van der Waals surface area (Å²) < 4.78 is 4.78. The van der Waals surface area contributed by atoms with E-state index in [2.05, 4.69) is 100 Å². The number of carbonyl (C=O) groups is 2. The van der Waals surface area contributed by atoms with Gasteiger partial charge in [-0.1, -0.05) is 70.9 Å². The van der Waals surface area contributed by atoms with Gasteiger partial charge in [-0.05, 0) is 90.1 Å². The van der Waals surface area contributed by atoms with Crippen molar-refractivity contribution in [3.63, 3.8) is 0 Å². The number of ether oxygens (including phenoxy) is 1. The molecule has 288 valence electrons. The molecule has 0 bridgehead atoms. The van der Waals surface area contributed by atoms with Crippen LogP contribution in [0.5, 0.6) is 0 Å². The van der Waals surface area contributed by atoms with Crippen molar-refractivity contribution in [1.29, 1.82) is 0 Å². The van der Waals surface area contributed by atoms with Gasteiger partial charge in [-0.25, -0.2) is 14.8 Å². The van der Waals surface area contributed by atoms with E-state index in [-0.39, 0.29) is 66.5 Å². The van der Waals surface area contributed by atoms with Crippen molar-refractivity contribution in [3.8, 4) is 46.1 Å². The molecule has 0 unspecified atom stereocenters. The third kappa shape index (κ3) is 10.2. The molecule has 2 saturated heterocycles. The Morgan fingerprint density at radius 1 is 0.926 bits per heavy atom. The maximum atomic E-state index is 13.7. The number of hydrogen-bond acceptors (Lipinski definition) is 6. The van der Waals surface area contributed by atoms with Crippen LogP contribution in [0.3, 0.4) is 0 Å². The Balaban J connectivity index is 0.00000261. The lowest BCUT2D eigenvalue weighted by molar-refractivity contribution is -0.135. The summed E-state index contributed by atoms with van der Waals surface area (Å²) in [6, 6.07) is 14.1. The van der Waals surface area contributed by atoms with Crippen LogP contribution in [0.1, 0.15) is 101 Å². The summed E-state index contributed by atoms with van der Waals surface area (Å²) in [5.41, 5.74) is 6.67. The highest BCUT2D eigenvalue weighted by Crippen LogP contribution is 2.35. The van der Waals surface area contributed by atoms with E-state index in [9.17, 15) is 9.59 Å². The number of alkyl carbamates (subject to hydrolysis) is 1. The number of aromatic nitrogens is 4. The van der Waals surface area contributed by atoms with Gasteiger partial charge in [0.15, 0.2) is 0 Å². The monoisotopic (exact) mass is 793 g/mol. The molecule has 0 aliphatic carbocycles. The number of imidazole rings is 2. The summed E-state index contributed by atoms with van der Waals surface area (Å²) in [4.78, 5) is 43.6. The number of H-pyrrole nitrogens is 2. The topological polar surface area (TPSA) is 128 Å². The molecule has 0 spiro atoms. The van der Waals surface area contributed by atoms with Gasteiger partial charge in [0.1, 0.15) is 23.4 Å². The number of halogens is 3. The van der Waals surface area contributed by atoms with E-state index in [1.54, 1.807) is 6.20 Å². The van der Waals surface area contributed by atoms with Crippen molar-refractivity contribution in [2.45, 2.75) is 83.8 Å². The number of amides is 2. The lowest BCUT2D eigenvalue weighted by Crippen LogP contribution is -2.51. The van der Waals surface area contributed by atoms with Crippen LogP contribution in [0.2, 0.25) is 0 Å². The summed E-state index contributed by atoms with van der Waals surface area (Å²) in [7, 11) is 1.30. The van der Waals surface area contributed by atoms with Crippen LogP contribution < -0.4 is 10.6 Å². The summed E-state index contributed by atoms with van der Waals surface area (Å²) >= 11 is 0. The number of nitrogens with one attached hydrogen (secondary N) is 4. The van der Waals surface area contributed by atoms with Gasteiger partial charge >= 0.3 is 6.09 Å². The number of hydrogen-bond donors (Lipinski definition) is 4. The number of rotatable bonds is 7. The molecule has 2 amide bonds. The van der Waals surface area contributed by atoms with Gasteiger partial charge in [0.05, 0.1) is 37.3 Å². The zero-order valence-corrected chi connectivity index (χ0v) is 34.0. The molecule has 13 heteroatoms. The van der Waals surface area contributed by atoms with Crippen LogP contribution in [-0.4, -0.2) is 63.1 Å². The molecule has 2 fully saturated rings. The molecule has 2 aliphatic heterocycles. The molecule has 4 aromatic rings. The molecule has 54 heavy (non-hydrogen) atoms. The summed E-state index contributed by atoms with van der Waals surface area (Å²) in [5.74, 6) is 13.9. The van der Waals surface area contributed by atoms with Crippen LogP contribution in [0.4, 0.5) is 4.79 Å². The van der Waals surface area contributed by atoms with Crippen molar-refractivity contribution in [1.82, 2.24) is 35.5 Å². The van der Waals surface area contributed by atoms with Gasteiger partial charge in [-0.3, -0.25) is 4.79 Å². The number of benzene rings is 2. The molecular formula is C41H50Cl3N7O3. The van der Waals surface area contributed by atoms with Gasteiger partial charge in [0.2, 0.25) is 5.91 Å². The smallest absolute Gasteiger partial charge is 0.407 e. The van der Waals surface area contributed by atoms with E-state index in [0.29, 0.717) is 6.54 Å². The lowest BCUT2D eigenvalue weighted by Gasteiger charge is -2.30. The van der Waals surface area contributed by atoms with Gasteiger partial charge in [-0.2, -0.15) is 0 Å². The van der Waals surface area contributed by atoms with Crippen molar-refractivity contribution in [3.05, 3.63) is 83.3 Å². The van der Waals surface area contributed by atoms with Crippen LogP contribution in [0.25, 0.3) is 22.4 Å². The Bertz CT molecular complexity index is 2020. The van der Waals surface area contributed by atoms with Gasteiger partial charge in [0.25, 0.3) is 0 Å². The molecule has 10 nitrogen and oxygen atoms in total. The molecule has 0 saturated carbocycles. The Labute approximate surface area is 337 Å². The first kappa shape index (κ1) is 44.0. The molecule has 2 aromatic carbocycles. The fourth-order valence-corrected chi connectivity index (χ4v) is 6.75. The quantitative estimate of drug-likeness (QED) is 0.141. The number of carbonyl (C=O) groups excluding carboxylic acids is 2. The average molecular weight is 795 g/mol. The maximum Gasteiger partial charge on any atom is 0.407 e. The molecule has 3 atom stereocenters. The van der Waals surface area contributed by atoms with Crippen molar-refractivity contribution >= 4 is 49.2 Å². The largest absolute Gasteiger partial charge is 0.453 e. The molecule has 6 rings (SSSR count). The van der Waals surface area contributed by atoms with Gasteiger partial charge < -0.3 is 30.2 Å². The van der Waals surface area contributed by atoms with Crippen LogP contribution in [0, 0.1) is 29.6 Å². The molecule has 2 aromatic heterocycles. The maximum absolute atomic E-state index is 13.7. The fourth-order valence-electron chi connectivity index (χ4n) is 6.75. The summed E-state index contributed by atoms with van der Waals surface area (Å²) in [5, 5.41) is 6.17. The normalized spacial score (nSPS) is 16.8. The minimum Gasteiger partial charge on any atom is -0.453 e. The molecule has 2 aliphatic rings. The van der Waals surface area contributed by atoms with Crippen molar-refractivity contribution in [2.75, 3.05) is 20.2 Å². The Morgan fingerprint density at radius 2 is 1.69 bits per heavy atom. The minimum atomic E-state index is -0.691. The lowest BCUT2D eigenvalue weighted by atomic mass is 9.85. The van der Waals surface area contributed by atoms with E-state index >= 15 is 0 Å². The van der Waals surface area contributed by atoms with Gasteiger partial charge in [0, 0.05) is 17.7 Å². The molecule has 4 N–H and O–H groups in total. The van der Waals surface area contributed by atoms with Crippen LogP contribution in [-0.2, 0) is 14.9 Å².